The van der Waals surface area contributed by atoms with Crippen LogP contribution in [0.5, 0.6) is 0 Å². The van der Waals surface area contributed by atoms with E-state index in [1.807, 2.05) is 6.92 Å². The highest BCUT2D eigenvalue weighted by atomic mass is 16.1. The molecule has 0 radical (unpaired) electrons. The van der Waals surface area contributed by atoms with Crippen molar-refractivity contribution < 1.29 is 4.79 Å². The fourth-order valence-corrected chi connectivity index (χ4v) is 2.13. The number of ketones is 1. The molecule has 1 heterocycles. The molecule has 1 aliphatic heterocycles. The fourth-order valence-electron chi connectivity index (χ4n) is 2.13. The van der Waals surface area contributed by atoms with Crippen LogP contribution < -0.4 is 0 Å². The van der Waals surface area contributed by atoms with Gasteiger partial charge in [0.15, 0.2) is 5.78 Å². The van der Waals surface area contributed by atoms with Crippen LogP contribution in [0.1, 0.15) is 40.5 Å². The van der Waals surface area contributed by atoms with Crippen molar-refractivity contribution in [1.82, 2.24) is 4.90 Å². The topological polar surface area (TPSA) is 20.3 Å². The third-order valence-corrected chi connectivity index (χ3v) is 2.71. The quantitative estimate of drug-likeness (QED) is 0.642. The largest absolute Gasteiger partial charge is 0.296 e. The van der Waals surface area contributed by atoms with Gasteiger partial charge in [-0.05, 0) is 27.2 Å². The highest BCUT2D eigenvalue weighted by Crippen LogP contribution is 2.27. The van der Waals surface area contributed by atoms with E-state index in [0.717, 1.165) is 12.8 Å². The number of Topliss-reactive ketones (excluding diaryl/α,β-unsaturated/α-hetero) is 1. The normalized spacial score (nSPS) is 30.9. The van der Waals surface area contributed by atoms with E-state index in [-0.39, 0.29) is 12.1 Å². The smallest absolute Gasteiger partial charge is 0.166 e. The van der Waals surface area contributed by atoms with Crippen LogP contribution >= 0.6 is 0 Å². The molecule has 0 aromatic heterocycles. The van der Waals surface area contributed by atoms with Gasteiger partial charge in [-0.3, -0.25) is 9.69 Å². The summed E-state index contributed by atoms with van der Waals surface area (Å²) in [6.45, 7) is 8.46. The Morgan fingerprint density at radius 3 is 2.50 bits per heavy atom. The summed E-state index contributed by atoms with van der Waals surface area (Å²) in [7, 11) is 0. The molecule has 1 aliphatic rings. The van der Waals surface area contributed by atoms with E-state index in [0.29, 0.717) is 11.8 Å². The maximum atomic E-state index is 11.4. The van der Waals surface area contributed by atoms with Crippen LogP contribution in [0.25, 0.3) is 0 Å². The van der Waals surface area contributed by atoms with E-state index in [2.05, 4.69) is 25.7 Å². The Balaban J connectivity index is 2.55. The lowest BCUT2D eigenvalue weighted by molar-refractivity contribution is -0.147. The standard InChI is InChI=1S/C10H19NO/c1-5-6-9-10(12)8(4)11(9)7(2)3/h7-9H,5-6H2,1-4H3/t8-,9+/m1/s1. The van der Waals surface area contributed by atoms with E-state index in [1.54, 1.807) is 0 Å². The van der Waals surface area contributed by atoms with Crippen LogP contribution in [0.3, 0.4) is 0 Å². The molecular weight excluding hydrogens is 150 g/mol. The minimum absolute atomic E-state index is 0.168. The maximum absolute atomic E-state index is 11.4. The third kappa shape index (κ3) is 1.40. The third-order valence-electron chi connectivity index (χ3n) is 2.71. The van der Waals surface area contributed by atoms with Gasteiger partial charge in [-0.1, -0.05) is 13.3 Å². The summed E-state index contributed by atoms with van der Waals surface area (Å²) in [5, 5.41) is 0. The highest BCUT2D eigenvalue weighted by Gasteiger charge is 2.44. The molecule has 0 bridgehead atoms. The van der Waals surface area contributed by atoms with Crippen molar-refractivity contribution in [3.05, 3.63) is 0 Å². The number of likely N-dealkylation sites (tertiary alicyclic amines) is 1. The van der Waals surface area contributed by atoms with Crippen molar-refractivity contribution >= 4 is 5.78 Å². The molecule has 0 amide bonds. The van der Waals surface area contributed by atoms with Gasteiger partial charge in [0.25, 0.3) is 0 Å². The molecule has 0 aromatic carbocycles. The molecule has 1 saturated heterocycles. The van der Waals surface area contributed by atoms with Crippen molar-refractivity contribution in [3.8, 4) is 0 Å². The van der Waals surface area contributed by atoms with Crippen LogP contribution in [0.4, 0.5) is 0 Å². The Morgan fingerprint density at radius 2 is 2.08 bits per heavy atom. The second kappa shape index (κ2) is 3.56. The summed E-state index contributed by atoms with van der Waals surface area (Å²) in [6, 6.07) is 0.904. The van der Waals surface area contributed by atoms with Gasteiger partial charge in [-0.25, -0.2) is 0 Å². The highest BCUT2D eigenvalue weighted by molar-refractivity contribution is 5.94. The predicted octanol–water partition coefficient (Wildman–Crippen LogP) is 1.84. The van der Waals surface area contributed by atoms with Gasteiger partial charge in [0.2, 0.25) is 0 Å². The molecular formula is C10H19NO. The van der Waals surface area contributed by atoms with Gasteiger partial charge in [0, 0.05) is 6.04 Å². The number of carbonyl (C=O) groups is 1. The van der Waals surface area contributed by atoms with Crippen LogP contribution in [0, 0.1) is 0 Å². The van der Waals surface area contributed by atoms with Crippen molar-refractivity contribution in [2.45, 2.75) is 58.7 Å². The van der Waals surface area contributed by atoms with Crippen molar-refractivity contribution in [2.24, 2.45) is 0 Å². The first-order chi connectivity index (χ1) is 5.59. The summed E-state index contributed by atoms with van der Waals surface area (Å²) >= 11 is 0. The molecule has 12 heavy (non-hydrogen) atoms. The molecule has 0 N–H and O–H groups in total. The van der Waals surface area contributed by atoms with Gasteiger partial charge in [0.05, 0.1) is 12.1 Å². The summed E-state index contributed by atoms with van der Waals surface area (Å²) < 4.78 is 0. The summed E-state index contributed by atoms with van der Waals surface area (Å²) in [4.78, 5) is 13.7. The average molecular weight is 169 g/mol. The minimum atomic E-state index is 0.168. The SMILES string of the molecule is CCC[C@H]1C(=O)[C@@H](C)N1C(C)C. The van der Waals surface area contributed by atoms with Crippen LogP contribution in [-0.2, 0) is 4.79 Å². The molecule has 0 aromatic rings. The summed E-state index contributed by atoms with van der Waals surface area (Å²) in [6.07, 6.45) is 2.13. The first-order valence-corrected chi connectivity index (χ1v) is 4.90. The molecule has 0 aliphatic carbocycles. The van der Waals surface area contributed by atoms with Gasteiger partial charge >= 0.3 is 0 Å². The Bertz CT molecular complexity index is 177. The number of hydrogen-bond acceptors (Lipinski definition) is 2. The number of carbonyl (C=O) groups excluding carboxylic acids is 1. The zero-order chi connectivity index (χ0) is 9.30. The molecule has 2 heteroatoms. The number of rotatable bonds is 3. The summed E-state index contributed by atoms with van der Waals surface area (Å²) in [5.41, 5.74) is 0. The zero-order valence-electron chi connectivity index (χ0n) is 8.50. The Labute approximate surface area is 74.9 Å². The minimum Gasteiger partial charge on any atom is -0.296 e. The zero-order valence-corrected chi connectivity index (χ0v) is 8.50. The van der Waals surface area contributed by atoms with E-state index < -0.39 is 0 Å². The van der Waals surface area contributed by atoms with Crippen LogP contribution in [-0.4, -0.2) is 28.8 Å². The Hall–Kier alpha value is -0.370. The van der Waals surface area contributed by atoms with E-state index in [4.69, 9.17) is 0 Å². The molecule has 0 spiro atoms. The van der Waals surface area contributed by atoms with E-state index in [1.165, 1.54) is 0 Å². The second-order valence-electron chi connectivity index (χ2n) is 3.92. The van der Waals surface area contributed by atoms with Crippen molar-refractivity contribution in [3.63, 3.8) is 0 Å². The lowest BCUT2D eigenvalue weighted by Gasteiger charge is -2.48. The Morgan fingerprint density at radius 1 is 1.50 bits per heavy atom. The summed E-state index contributed by atoms with van der Waals surface area (Å²) in [5.74, 6) is 0.436. The fraction of sp³-hybridized carbons (Fsp3) is 0.900. The van der Waals surface area contributed by atoms with Crippen molar-refractivity contribution in [2.75, 3.05) is 0 Å². The van der Waals surface area contributed by atoms with Gasteiger partial charge in [-0.2, -0.15) is 0 Å². The van der Waals surface area contributed by atoms with Gasteiger partial charge in [-0.15, -0.1) is 0 Å². The molecule has 0 saturated carbocycles. The Kier molecular flexibility index (Phi) is 2.89. The van der Waals surface area contributed by atoms with Crippen LogP contribution in [0.2, 0.25) is 0 Å². The first-order valence-electron chi connectivity index (χ1n) is 4.90. The van der Waals surface area contributed by atoms with Gasteiger partial charge in [0.1, 0.15) is 0 Å². The molecule has 2 atom stereocenters. The number of hydrogen-bond donors (Lipinski definition) is 0. The van der Waals surface area contributed by atoms with Crippen molar-refractivity contribution in [1.29, 1.82) is 0 Å². The second-order valence-corrected chi connectivity index (χ2v) is 3.92. The lowest BCUT2D eigenvalue weighted by Crippen LogP contribution is -2.65. The van der Waals surface area contributed by atoms with E-state index in [9.17, 15) is 4.79 Å². The predicted molar refractivity (Wildman–Crippen MR) is 50.1 cm³/mol. The molecule has 1 fully saturated rings. The maximum Gasteiger partial charge on any atom is 0.166 e. The first kappa shape index (κ1) is 9.72. The van der Waals surface area contributed by atoms with E-state index >= 15 is 0 Å². The number of nitrogens with zero attached hydrogens (tertiary/aromatic N) is 1. The lowest BCUT2D eigenvalue weighted by atomic mass is 9.87. The van der Waals surface area contributed by atoms with Crippen LogP contribution in [0.15, 0.2) is 0 Å². The molecule has 70 valence electrons. The molecule has 0 unspecified atom stereocenters. The van der Waals surface area contributed by atoms with Gasteiger partial charge < -0.3 is 0 Å². The molecule has 2 nitrogen and oxygen atoms in total. The monoisotopic (exact) mass is 169 g/mol. The average Bonchev–Trinajstić information content (AvgIpc) is 2.02. The molecule has 1 rings (SSSR count).